The molecule has 0 spiro atoms. The molecule has 0 atom stereocenters. The van der Waals surface area contributed by atoms with Crippen LogP contribution in [-0.4, -0.2) is 9.97 Å². The summed E-state index contributed by atoms with van der Waals surface area (Å²) in [6.07, 6.45) is 1.04. The molecule has 45 heavy (non-hydrogen) atoms. The maximum Gasteiger partial charge on any atom is 0.186 e. The van der Waals surface area contributed by atoms with Crippen molar-refractivity contribution in [1.29, 1.82) is 0 Å². The van der Waals surface area contributed by atoms with E-state index in [1.165, 1.54) is 0 Å². The molecule has 2 heterocycles. The summed E-state index contributed by atoms with van der Waals surface area (Å²) in [5, 5.41) is 0. The molecule has 3 aromatic rings. The van der Waals surface area contributed by atoms with Gasteiger partial charge in [-0.15, -0.1) is 22.7 Å². The van der Waals surface area contributed by atoms with Gasteiger partial charge >= 0.3 is 0 Å². The van der Waals surface area contributed by atoms with Crippen LogP contribution in [0.4, 0.5) is 0 Å². The highest BCUT2D eigenvalue weighted by Crippen LogP contribution is 2.39. The third-order valence-corrected chi connectivity index (χ3v) is 11.3. The molecule has 0 saturated carbocycles. The summed E-state index contributed by atoms with van der Waals surface area (Å²) in [5.41, 5.74) is 10.6. The third-order valence-electron chi connectivity index (χ3n) is 8.80. The van der Waals surface area contributed by atoms with Crippen molar-refractivity contribution in [2.75, 3.05) is 0 Å². The Morgan fingerprint density at radius 2 is 1.36 bits per heavy atom. The van der Waals surface area contributed by atoms with Crippen LogP contribution >= 0.6 is 22.7 Å². The first-order valence-corrected chi connectivity index (χ1v) is 16.7. The van der Waals surface area contributed by atoms with Crippen molar-refractivity contribution in [3.63, 3.8) is 0 Å². The van der Waals surface area contributed by atoms with Crippen LogP contribution in [-0.2, 0) is 19.4 Å². The molecule has 3 aromatic carbocycles. The van der Waals surface area contributed by atoms with Gasteiger partial charge in [0, 0.05) is 28.3 Å². The van der Waals surface area contributed by atoms with Gasteiger partial charge in [0.05, 0.1) is 41.6 Å². The summed E-state index contributed by atoms with van der Waals surface area (Å²) in [7, 11) is 0. The standard InChI is InChI=1S/C38H32N2O3S2/c1-20-11-15-29-32(17-20)45-37-24(5)35(41)23(4)27(34(37)39-29)13-14-28-36(42)22(3)21(2)33-38(28)44-31-16-12-26(18-30(31)40-33)43-19-25-9-7-6-8-10-25/h6-12,15-18H,13-14,19H2,1-5H3. The monoisotopic (exact) mass is 628 g/mol. The zero-order chi connectivity index (χ0) is 31.4. The molecule has 0 aromatic heterocycles. The van der Waals surface area contributed by atoms with Gasteiger partial charge in [0.2, 0.25) is 0 Å². The second-order valence-corrected chi connectivity index (χ2v) is 13.9. The van der Waals surface area contributed by atoms with Crippen molar-refractivity contribution in [2.24, 2.45) is 0 Å². The Kier molecular flexibility index (Phi) is 7.46. The average Bonchev–Trinajstić information content (AvgIpc) is 3.05. The smallest absolute Gasteiger partial charge is 0.186 e. The van der Waals surface area contributed by atoms with Crippen molar-refractivity contribution in [2.45, 2.75) is 54.1 Å². The fourth-order valence-electron chi connectivity index (χ4n) is 6.03. The van der Waals surface area contributed by atoms with Crippen molar-refractivity contribution in [3.05, 3.63) is 132 Å². The van der Waals surface area contributed by atoms with Crippen LogP contribution < -0.4 is 15.6 Å². The van der Waals surface area contributed by atoms with Gasteiger partial charge in [-0.05, 0) is 94.0 Å². The minimum Gasteiger partial charge on any atom is -0.489 e. The van der Waals surface area contributed by atoms with Gasteiger partial charge in [0.25, 0.3) is 0 Å². The first kappa shape index (κ1) is 29.3. The van der Waals surface area contributed by atoms with Crippen LogP contribution in [0.5, 0.6) is 5.75 Å². The van der Waals surface area contributed by atoms with E-state index in [0.29, 0.717) is 30.6 Å². The topological polar surface area (TPSA) is 69.2 Å². The summed E-state index contributed by atoms with van der Waals surface area (Å²) in [6.45, 7) is 10.2. The van der Waals surface area contributed by atoms with E-state index < -0.39 is 0 Å². The number of rotatable bonds is 6. The average molecular weight is 629 g/mol. The van der Waals surface area contributed by atoms with Crippen molar-refractivity contribution >= 4 is 43.1 Å². The fourth-order valence-corrected chi connectivity index (χ4v) is 8.41. The molecule has 7 heteroatoms. The molecule has 0 bridgehead atoms. The molecular weight excluding hydrogens is 597 g/mol. The lowest BCUT2D eigenvalue weighted by Gasteiger charge is -2.19. The van der Waals surface area contributed by atoms with E-state index in [1.807, 2.05) is 82.3 Å². The number of nitrogens with zero attached hydrogens (tertiary/aromatic N) is 2. The maximum atomic E-state index is 13.8. The van der Waals surface area contributed by atoms with Crippen LogP contribution in [0.3, 0.4) is 0 Å². The van der Waals surface area contributed by atoms with Gasteiger partial charge in [-0.3, -0.25) is 9.59 Å². The zero-order valence-electron chi connectivity index (χ0n) is 25.9. The Morgan fingerprint density at radius 1 is 0.622 bits per heavy atom. The van der Waals surface area contributed by atoms with Crippen molar-refractivity contribution in [3.8, 4) is 26.9 Å². The maximum absolute atomic E-state index is 13.8. The number of ether oxygens (including phenoxy) is 1. The largest absolute Gasteiger partial charge is 0.489 e. The molecule has 0 unspecified atom stereocenters. The first-order chi connectivity index (χ1) is 21.7. The van der Waals surface area contributed by atoms with E-state index in [-0.39, 0.29) is 10.9 Å². The van der Waals surface area contributed by atoms with Crippen LogP contribution in [0.15, 0.2) is 76.3 Å². The number of hydrogen-bond donors (Lipinski definition) is 0. The van der Waals surface area contributed by atoms with E-state index in [2.05, 4.69) is 19.1 Å². The lowest BCUT2D eigenvalue weighted by molar-refractivity contribution is 0.306. The van der Waals surface area contributed by atoms with E-state index in [9.17, 15) is 9.59 Å². The van der Waals surface area contributed by atoms with Crippen LogP contribution in [0.25, 0.3) is 41.6 Å². The Bertz CT molecular complexity index is 2320. The second-order valence-electron chi connectivity index (χ2n) is 11.8. The highest BCUT2D eigenvalue weighted by Gasteiger charge is 2.24. The number of hydrogen-bond acceptors (Lipinski definition) is 7. The van der Waals surface area contributed by atoms with Gasteiger partial charge in [-0.2, -0.15) is 0 Å². The molecule has 2 aliphatic heterocycles. The van der Waals surface area contributed by atoms with E-state index >= 15 is 0 Å². The zero-order valence-corrected chi connectivity index (χ0v) is 27.5. The van der Waals surface area contributed by atoms with Gasteiger partial charge in [-0.1, -0.05) is 36.4 Å². The molecular formula is C38H32N2O3S2. The Morgan fingerprint density at radius 3 is 2.16 bits per heavy atom. The summed E-state index contributed by atoms with van der Waals surface area (Å²) in [4.78, 5) is 39.2. The fraction of sp³-hybridized carbons (Fsp3) is 0.211. The predicted molar refractivity (Wildman–Crippen MR) is 187 cm³/mol. The van der Waals surface area contributed by atoms with Crippen molar-refractivity contribution < 1.29 is 4.74 Å². The molecule has 7 rings (SSSR count). The number of benzene rings is 5. The SMILES string of the molecule is Cc1ccc2nc3c(CCc4c5sc6ccc(OCc7ccccc7)cc6nc-5c(C)c(C)c4=O)c(C)c(=O)c(C)c-3sc2c1. The van der Waals surface area contributed by atoms with Gasteiger partial charge in [-0.25, -0.2) is 9.97 Å². The number of fused-ring (bicyclic) bond motifs is 4. The van der Waals surface area contributed by atoms with E-state index in [4.69, 9.17) is 14.7 Å². The lowest BCUT2D eigenvalue weighted by atomic mass is 9.91. The Labute approximate surface area is 269 Å². The summed E-state index contributed by atoms with van der Waals surface area (Å²) in [6, 6.07) is 22.3. The molecule has 5 nitrogen and oxygen atoms in total. The van der Waals surface area contributed by atoms with Crippen molar-refractivity contribution in [1.82, 2.24) is 9.97 Å². The van der Waals surface area contributed by atoms with Gasteiger partial charge in [0.15, 0.2) is 10.9 Å². The predicted octanol–water partition coefficient (Wildman–Crippen LogP) is 8.74. The highest BCUT2D eigenvalue weighted by atomic mass is 32.1. The van der Waals surface area contributed by atoms with Gasteiger partial charge < -0.3 is 4.74 Å². The highest BCUT2D eigenvalue weighted by molar-refractivity contribution is 7.22. The molecule has 0 amide bonds. The van der Waals surface area contributed by atoms with Crippen LogP contribution in [0.1, 0.15) is 44.5 Å². The summed E-state index contributed by atoms with van der Waals surface area (Å²) >= 11 is 3.22. The third kappa shape index (κ3) is 5.20. The number of aryl methyl sites for hydroxylation is 1. The normalized spacial score (nSPS) is 11.7. The van der Waals surface area contributed by atoms with E-state index in [0.717, 1.165) is 80.7 Å². The van der Waals surface area contributed by atoms with Gasteiger partial charge in [0.1, 0.15) is 12.4 Å². The minimum absolute atomic E-state index is 0.0494. The number of aromatic nitrogens is 2. The lowest BCUT2D eigenvalue weighted by Crippen LogP contribution is -2.20. The summed E-state index contributed by atoms with van der Waals surface area (Å²) in [5.74, 6) is 0.756. The second kappa shape index (κ2) is 11.5. The quantitative estimate of drug-likeness (QED) is 0.172. The summed E-state index contributed by atoms with van der Waals surface area (Å²) < 4.78 is 8.13. The van der Waals surface area contributed by atoms with Crippen LogP contribution in [0.2, 0.25) is 0 Å². The molecule has 0 saturated heterocycles. The molecule has 4 aliphatic rings. The van der Waals surface area contributed by atoms with Crippen LogP contribution in [0, 0.1) is 34.6 Å². The first-order valence-electron chi connectivity index (χ1n) is 15.1. The Hall–Kier alpha value is -4.46. The Balaban J connectivity index is 1.30. The minimum atomic E-state index is 0.0494. The molecule has 224 valence electrons. The molecule has 0 fully saturated rings. The molecule has 0 N–H and O–H groups in total. The van der Waals surface area contributed by atoms with E-state index in [1.54, 1.807) is 22.7 Å². The molecule has 0 radical (unpaired) electrons. The molecule has 2 aliphatic carbocycles.